The van der Waals surface area contributed by atoms with Gasteiger partial charge in [-0.3, -0.25) is 24.0 Å². The predicted molar refractivity (Wildman–Crippen MR) is 112 cm³/mol. The Labute approximate surface area is 182 Å². The van der Waals surface area contributed by atoms with Gasteiger partial charge in [0.25, 0.3) is 0 Å². The lowest BCUT2D eigenvalue weighted by molar-refractivity contribution is -0.138. The molecule has 0 aliphatic rings. The van der Waals surface area contributed by atoms with E-state index < -0.39 is 54.3 Å². The maximum absolute atomic E-state index is 12.8. The van der Waals surface area contributed by atoms with Crippen LogP contribution in [0.4, 0.5) is 0 Å². The third-order valence-corrected chi connectivity index (χ3v) is 4.67. The fourth-order valence-electron chi connectivity index (χ4n) is 2.48. The average molecular weight is 458 g/mol. The molecule has 0 spiro atoms. The van der Waals surface area contributed by atoms with Crippen molar-refractivity contribution in [3.05, 3.63) is 18.2 Å². The molecule has 0 radical (unpaired) electrons. The zero-order valence-electron chi connectivity index (χ0n) is 16.9. The molecule has 1 aromatic rings. The van der Waals surface area contributed by atoms with Crippen LogP contribution in [0.25, 0.3) is 0 Å². The van der Waals surface area contributed by atoms with Crippen molar-refractivity contribution in [1.82, 2.24) is 25.9 Å². The number of nitrogens with one attached hydrogen (secondary N) is 4. The van der Waals surface area contributed by atoms with Gasteiger partial charge in [-0.25, -0.2) is 4.98 Å². The van der Waals surface area contributed by atoms with E-state index in [1.807, 2.05) is 6.26 Å². The van der Waals surface area contributed by atoms with Gasteiger partial charge in [0, 0.05) is 18.3 Å². The number of rotatable bonds is 14. The molecule has 1 aromatic heterocycles. The largest absolute Gasteiger partial charge is 0.480 e. The van der Waals surface area contributed by atoms with Crippen LogP contribution in [-0.2, 0) is 30.4 Å². The molecule has 4 amide bonds. The first-order chi connectivity index (χ1) is 14.6. The Morgan fingerprint density at radius 3 is 2.39 bits per heavy atom. The number of nitrogens with two attached hydrogens (primary N) is 2. The fraction of sp³-hybridized carbons (Fsp3) is 0.529. The van der Waals surface area contributed by atoms with Gasteiger partial charge in [0.05, 0.1) is 18.8 Å². The minimum Gasteiger partial charge on any atom is -0.480 e. The summed E-state index contributed by atoms with van der Waals surface area (Å²) < 4.78 is 0. The van der Waals surface area contributed by atoms with Gasteiger partial charge in [-0.15, -0.1) is 0 Å². The number of nitrogens with zero attached hydrogens (tertiary/aromatic N) is 1. The van der Waals surface area contributed by atoms with Crippen LogP contribution in [0.5, 0.6) is 0 Å². The number of carboxylic acid groups (broad SMARTS) is 1. The normalized spacial score (nSPS) is 13.5. The number of hydrogen-bond donors (Lipinski definition) is 7. The summed E-state index contributed by atoms with van der Waals surface area (Å²) in [6, 6.07) is -3.38. The monoisotopic (exact) mass is 457 g/mol. The lowest BCUT2D eigenvalue weighted by Crippen LogP contribution is -2.57. The van der Waals surface area contributed by atoms with Gasteiger partial charge in [0.1, 0.15) is 18.6 Å². The molecule has 172 valence electrons. The molecule has 1 heterocycles. The smallest absolute Gasteiger partial charge is 0.322 e. The molecule has 14 heteroatoms. The summed E-state index contributed by atoms with van der Waals surface area (Å²) in [7, 11) is 0. The lowest BCUT2D eigenvalue weighted by Gasteiger charge is -2.23. The number of imidazole rings is 1. The number of H-pyrrole nitrogens is 1. The highest BCUT2D eigenvalue weighted by molar-refractivity contribution is 7.98. The Bertz CT molecular complexity index is 773. The van der Waals surface area contributed by atoms with Crippen LogP contribution < -0.4 is 27.4 Å². The van der Waals surface area contributed by atoms with Crippen LogP contribution in [0.2, 0.25) is 0 Å². The second-order valence-electron chi connectivity index (χ2n) is 6.57. The van der Waals surface area contributed by atoms with Gasteiger partial charge in [-0.2, -0.15) is 11.8 Å². The van der Waals surface area contributed by atoms with E-state index in [9.17, 15) is 24.0 Å². The summed E-state index contributed by atoms with van der Waals surface area (Å²) in [6.07, 6.45) is 4.53. The Morgan fingerprint density at radius 2 is 1.84 bits per heavy atom. The number of carboxylic acids is 1. The number of carbonyl (C=O) groups excluding carboxylic acids is 4. The van der Waals surface area contributed by atoms with Crippen molar-refractivity contribution < 1.29 is 29.1 Å². The first kappa shape index (κ1) is 25.9. The van der Waals surface area contributed by atoms with E-state index in [0.29, 0.717) is 11.4 Å². The number of thioether (sulfide) groups is 1. The van der Waals surface area contributed by atoms with Gasteiger partial charge < -0.3 is 37.5 Å². The summed E-state index contributed by atoms with van der Waals surface area (Å²) in [5.41, 5.74) is 11.2. The van der Waals surface area contributed by atoms with Crippen molar-refractivity contribution in [2.24, 2.45) is 11.5 Å². The quantitative estimate of drug-likeness (QED) is 0.152. The second kappa shape index (κ2) is 13.2. The van der Waals surface area contributed by atoms with Crippen molar-refractivity contribution in [2.75, 3.05) is 18.6 Å². The van der Waals surface area contributed by atoms with Crippen LogP contribution >= 0.6 is 11.8 Å². The van der Waals surface area contributed by atoms with Gasteiger partial charge >= 0.3 is 5.97 Å². The number of aromatic amines is 1. The van der Waals surface area contributed by atoms with Gasteiger partial charge in [0.15, 0.2) is 0 Å². The Morgan fingerprint density at radius 1 is 1.16 bits per heavy atom. The molecule has 13 nitrogen and oxygen atoms in total. The van der Waals surface area contributed by atoms with E-state index in [4.69, 9.17) is 16.6 Å². The molecular formula is C17H27N7O6S. The maximum atomic E-state index is 12.8. The van der Waals surface area contributed by atoms with E-state index in [1.165, 1.54) is 24.3 Å². The van der Waals surface area contributed by atoms with E-state index in [2.05, 4.69) is 25.9 Å². The first-order valence-corrected chi connectivity index (χ1v) is 10.6. The Kier molecular flexibility index (Phi) is 11.1. The summed E-state index contributed by atoms with van der Waals surface area (Å²) in [5, 5.41) is 16.0. The third kappa shape index (κ3) is 9.95. The molecule has 31 heavy (non-hydrogen) atoms. The zero-order valence-corrected chi connectivity index (χ0v) is 17.7. The molecule has 0 aliphatic carbocycles. The molecular weight excluding hydrogens is 430 g/mol. The summed E-state index contributed by atoms with van der Waals surface area (Å²) >= 11 is 1.44. The summed E-state index contributed by atoms with van der Waals surface area (Å²) in [6.45, 7) is -0.622. The molecule has 3 unspecified atom stereocenters. The minimum absolute atomic E-state index is 0.0155. The molecule has 0 fully saturated rings. The first-order valence-electron chi connectivity index (χ1n) is 9.24. The van der Waals surface area contributed by atoms with E-state index in [0.717, 1.165) is 0 Å². The van der Waals surface area contributed by atoms with E-state index in [-0.39, 0.29) is 19.3 Å². The number of aromatic nitrogens is 2. The SMILES string of the molecule is CSCCC(NC(=O)C(N)CC(N)=O)C(=O)NC(Cc1cnc[nH]1)C(=O)NCC(=O)O. The molecule has 0 saturated heterocycles. The highest BCUT2D eigenvalue weighted by atomic mass is 32.2. The zero-order chi connectivity index (χ0) is 23.4. The summed E-state index contributed by atoms with van der Waals surface area (Å²) in [5.74, 6) is -3.61. The van der Waals surface area contributed by atoms with Crippen molar-refractivity contribution in [1.29, 1.82) is 0 Å². The van der Waals surface area contributed by atoms with Crippen LogP contribution in [0.1, 0.15) is 18.5 Å². The molecule has 0 aromatic carbocycles. The van der Waals surface area contributed by atoms with Crippen LogP contribution in [0, 0.1) is 0 Å². The van der Waals surface area contributed by atoms with Crippen LogP contribution in [0.15, 0.2) is 12.5 Å². The molecule has 1 rings (SSSR count). The number of amides is 4. The van der Waals surface area contributed by atoms with Crippen LogP contribution in [-0.4, -0.2) is 81.4 Å². The second-order valence-corrected chi connectivity index (χ2v) is 7.56. The van der Waals surface area contributed by atoms with Gasteiger partial charge in [-0.1, -0.05) is 0 Å². The topological polar surface area (TPSA) is 222 Å². The molecule has 0 aliphatic heterocycles. The average Bonchev–Trinajstić information content (AvgIpc) is 3.20. The number of carbonyl (C=O) groups is 5. The van der Waals surface area contributed by atoms with E-state index in [1.54, 1.807) is 0 Å². The summed E-state index contributed by atoms with van der Waals surface area (Å²) in [4.78, 5) is 65.8. The van der Waals surface area contributed by atoms with Crippen molar-refractivity contribution in [2.45, 2.75) is 37.4 Å². The third-order valence-electron chi connectivity index (χ3n) is 4.03. The highest BCUT2D eigenvalue weighted by Gasteiger charge is 2.29. The number of aliphatic carboxylic acids is 1. The van der Waals surface area contributed by atoms with E-state index >= 15 is 0 Å². The fourth-order valence-corrected chi connectivity index (χ4v) is 2.95. The lowest BCUT2D eigenvalue weighted by atomic mass is 10.1. The highest BCUT2D eigenvalue weighted by Crippen LogP contribution is 2.05. The van der Waals surface area contributed by atoms with Crippen molar-refractivity contribution >= 4 is 41.4 Å². The van der Waals surface area contributed by atoms with Gasteiger partial charge in [0.2, 0.25) is 23.6 Å². The van der Waals surface area contributed by atoms with Crippen molar-refractivity contribution in [3.63, 3.8) is 0 Å². The predicted octanol–water partition coefficient (Wildman–Crippen LogP) is -2.92. The standard InChI is InChI=1S/C17H27N7O6S/c1-31-3-2-11(23-15(28)10(18)5-13(19)25)17(30)24-12(4-9-6-20-8-22-9)16(29)21-7-14(26)27/h6,8,10-12H,2-5,7,18H2,1H3,(H2,19,25)(H,20,22)(H,21,29)(H,23,28)(H,24,30)(H,26,27). The molecule has 9 N–H and O–H groups in total. The Balaban J connectivity index is 2.91. The molecule has 3 atom stereocenters. The number of hydrogen-bond acceptors (Lipinski definition) is 8. The maximum Gasteiger partial charge on any atom is 0.322 e. The van der Waals surface area contributed by atoms with Crippen molar-refractivity contribution in [3.8, 4) is 0 Å². The minimum atomic E-state index is -1.24. The Hall–Kier alpha value is -3.13. The van der Waals surface area contributed by atoms with Crippen LogP contribution in [0.3, 0.4) is 0 Å². The molecule has 0 saturated carbocycles. The number of primary amides is 1. The molecule has 0 bridgehead atoms. The van der Waals surface area contributed by atoms with Gasteiger partial charge in [-0.05, 0) is 18.4 Å².